The predicted molar refractivity (Wildman–Crippen MR) is 115 cm³/mol. The zero-order valence-corrected chi connectivity index (χ0v) is 18.6. The lowest BCUT2D eigenvalue weighted by molar-refractivity contribution is -0.137. The van der Waals surface area contributed by atoms with Crippen LogP contribution in [0.5, 0.6) is 0 Å². The van der Waals surface area contributed by atoms with Gasteiger partial charge in [-0.2, -0.15) is 0 Å². The highest BCUT2D eigenvalue weighted by Crippen LogP contribution is 2.16. The molecule has 0 aliphatic rings. The van der Waals surface area contributed by atoms with E-state index in [1.54, 1.807) is 0 Å². The first-order chi connectivity index (χ1) is 11.5. The number of hydrogen-bond donors (Lipinski definition) is 1. The zero-order chi connectivity index (χ0) is 18.1. The monoisotopic (exact) mass is 419 g/mol. The van der Waals surface area contributed by atoms with E-state index in [0.29, 0.717) is 13.2 Å². The summed E-state index contributed by atoms with van der Waals surface area (Å²) in [6.45, 7) is 11.2. The first kappa shape index (κ1) is 26.9. The summed E-state index contributed by atoms with van der Waals surface area (Å²) in [5, 5.41) is 3.46. The van der Waals surface area contributed by atoms with Gasteiger partial charge in [-0.05, 0) is 20.3 Å². The summed E-state index contributed by atoms with van der Waals surface area (Å²) in [5.74, 6) is -0.347. The lowest BCUT2D eigenvalue weighted by Crippen LogP contribution is -2.41. The molecule has 3 nitrogen and oxygen atoms in total. The molecule has 0 spiro atoms. The maximum atomic E-state index is 11.0. The van der Waals surface area contributed by atoms with Crippen molar-refractivity contribution in [2.75, 3.05) is 13.2 Å². The molecule has 0 rings (SSSR count). The van der Waals surface area contributed by atoms with Crippen molar-refractivity contribution < 1.29 is 9.53 Å². The van der Waals surface area contributed by atoms with Gasteiger partial charge in [0.05, 0.1) is 0 Å². The van der Waals surface area contributed by atoms with Crippen LogP contribution in [0.4, 0.5) is 0 Å². The van der Waals surface area contributed by atoms with E-state index in [2.05, 4.69) is 32.7 Å². The van der Waals surface area contributed by atoms with Gasteiger partial charge in [0.25, 0.3) is 0 Å². The first-order valence-corrected chi connectivity index (χ1v) is 10.1. The quantitative estimate of drug-likeness (QED) is 0.169. The zero-order valence-electron chi connectivity index (χ0n) is 16.9. The Bertz CT molecular complexity index is 319. The van der Waals surface area contributed by atoms with E-state index in [0.717, 1.165) is 0 Å². The fraction of sp³-hybridized carbons (Fsp3) is 0.857. The molecule has 0 aromatic carbocycles. The molecule has 0 bridgehead atoms. The van der Waals surface area contributed by atoms with Crippen molar-refractivity contribution in [3.05, 3.63) is 12.7 Å². The Kier molecular flexibility index (Phi) is 19.8. The Morgan fingerprint density at radius 2 is 1.44 bits per heavy atom. The minimum Gasteiger partial charge on any atom is -0.461 e. The topological polar surface area (TPSA) is 38.3 Å². The van der Waals surface area contributed by atoms with Crippen molar-refractivity contribution >= 4 is 23.0 Å². The largest absolute Gasteiger partial charge is 0.461 e. The van der Waals surface area contributed by atoms with E-state index in [1.165, 1.54) is 83.1 Å². The van der Waals surface area contributed by atoms with Crippen LogP contribution in [0.25, 0.3) is 0 Å². The molecule has 0 saturated heterocycles. The third-order valence-corrected chi connectivity index (χ3v) is 4.52. The number of esters is 1. The van der Waals surface area contributed by atoms with Crippen molar-refractivity contribution in [2.45, 2.75) is 103 Å². The lowest BCUT2D eigenvalue weighted by Gasteiger charge is -2.26. The van der Waals surface area contributed by atoms with Gasteiger partial charge in [-0.25, -0.2) is 4.79 Å². The highest BCUT2D eigenvalue weighted by molar-refractivity contribution is 8.93. The van der Waals surface area contributed by atoms with Crippen molar-refractivity contribution in [1.82, 2.24) is 5.32 Å². The molecule has 1 N–H and O–H groups in total. The highest BCUT2D eigenvalue weighted by Gasteiger charge is 2.15. The Morgan fingerprint density at radius 1 is 0.960 bits per heavy atom. The van der Waals surface area contributed by atoms with Gasteiger partial charge in [0, 0.05) is 18.2 Å². The summed E-state index contributed by atoms with van der Waals surface area (Å²) < 4.78 is 4.98. The summed E-state index contributed by atoms with van der Waals surface area (Å²) in [6.07, 6.45) is 17.6. The third-order valence-electron chi connectivity index (χ3n) is 4.52. The molecule has 0 aliphatic heterocycles. The summed E-state index contributed by atoms with van der Waals surface area (Å²) in [5.41, 5.74) is 0.111. The molecule has 0 aromatic rings. The van der Waals surface area contributed by atoms with Gasteiger partial charge in [-0.15, -0.1) is 17.0 Å². The standard InChI is InChI=1S/C21H41NO2.BrH/c1-5-7-8-9-10-11-12-13-14-15-16-17-21(3,4)22-18-19-24-20(23)6-2;/h6,22H,2,5,7-19H2,1,3-4H3;1H. The van der Waals surface area contributed by atoms with Crippen LogP contribution in [0.3, 0.4) is 0 Å². The first-order valence-electron chi connectivity index (χ1n) is 10.1. The van der Waals surface area contributed by atoms with Gasteiger partial charge >= 0.3 is 5.97 Å². The van der Waals surface area contributed by atoms with Crippen LogP contribution in [-0.4, -0.2) is 24.7 Å². The van der Waals surface area contributed by atoms with E-state index < -0.39 is 0 Å². The molecule has 0 saturated carbocycles. The van der Waals surface area contributed by atoms with E-state index in [4.69, 9.17) is 4.74 Å². The summed E-state index contributed by atoms with van der Waals surface area (Å²) in [7, 11) is 0. The van der Waals surface area contributed by atoms with Crippen LogP contribution in [0, 0.1) is 0 Å². The van der Waals surface area contributed by atoms with Gasteiger partial charge in [-0.3, -0.25) is 0 Å². The van der Waals surface area contributed by atoms with E-state index >= 15 is 0 Å². The maximum Gasteiger partial charge on any atom is 0.330 e. The normalized spacial score (nSPS) is 11.0. The van der Waals surface area contributed by atoms with Crippen molar-refractivity contribution in [2.24, 2.45) is 0 Å². The summed E-state index contributed by atoms with van der Waals surface area (Å²) in [4.78, 5) is 11.0. The molecule has 0 aromatic heterocycles. The molecule has 4 heteroatoms. The SMILES string of the molecule is Br.C=CC(=O)OCCNC(C)(C)CCCCCCCCCCCCC. The molecule has 0 heterocycles. The van der Waals surface area contributed by atoms with E-state index in [1.807, 2.05) is 0 Å². The molecule has 150 valence electrons. The average Bonchev–Trinajstić information content (AvgIpc) is 2.56. The second-order valence-corrected chi connectivity index (χ2v) is 7.47. The molecule has 0 atom stereocenters. The van der Waals surface area contributed by atoms with Crippen LogP contribution < -0.4 is 5.32 Å². The lowest BCUT2D eigenvalue weighted by atomic mass is 9.96. The number of carbonyl (C=O) groups excluding carboxylic acids is 1. The fourth-order valence-electron chi connectivity index (χ4n) is 2.92. The van der Waals surface area contributed by atoms with E-state index in [-0.39, 0.29) is 28.5 Å². The van der Waals surface area contributed by atoms with Gasteiger partial charge < -0.3 is 10.1 Å². The van der Waals surface area contributed by atoms with Crippen LogP contribution in [0.1, 0.15) is 97.8 Å². The van der Waals surface area contributed by atoms with E-state index in [9.17, 15) is 4.79 Å². The molecule has 0 unspecified atom stereocenters. The number of nitrogens with one attached hydrogen (secondary N) is 1. The molecular weight excluding hydrogens is 378 g/mol. The fourth-order valence-corrected chi connectivity index (χ4v) is 2.92. The summed E-state index contributed by atoms with van der Waals surface area (Å²) in [6, 6.07) is 0. The minimum atomic E-state index is -0.347. The van der Waals surface area contributed by atoms with Crippen LogP contribution in [0.15, 0.2) is 12.7 Å². The molecule has 25 heavy (non-hydrogen) atoms. The number of unbranched alkanes of at least 4 members (excludes halogenated alkanes) is 10. The van der Waals surface area contributed by atoms with Gasteiger partial charge in [0.1, 0.15) is 6.61 Å². The molecule has 0 radical (unpaired) electrons. The smallest absolute Gasteiger partial charge is 0.330 e. The number of halogens is 1. The van der Waals surface area contributed by atoms with Crippen LogP contribution in [-0.2, 0) is 9.53 Å². The second-order valence-electron chi connectivity index (χ2n) is 7.47. The third kappa shape index (κ3) is 19.8. The van der Waals surface area contributed by atoms with Crippen molar-refractivity contribution in [3.8, 4) is 0 Å². The maximum absolute atomic E-state index is 11.0. The number of ether oxygens (including phenoxy) is 1. The van der Waals surface area contributed by atoms with Crippen molar-refractivity contribution in [1.29, 1.82) is 0 Å². The van der Waals surface area contributed by atoms with Gasteiger partial charge in [0.2, 0.25) is 0 Å². The average molecular weight is 420 g/mol. The minimum absolute atomic E-state index is 0. The van der Waals surface area contributed by atoms with Crippen LogP contribution in [0.2, 0.25) is 0 Å². The molecular formula is C21H42BrNO2. The highest BCUT2D eigenvalue weighted by atomic mass is 79.9. The Hall–Kier alpha value is -0.350. The molecule has 0 aliphatic carbocycles. The van der Waals surface area contributed by atoms with Crippen molar-refractivity contribution in [3.63, 3.8) is 0 Å². The Balaban J connectivity index is 0. The van der Waals surface area contributed by atoms with Crippen LogP contribution >= 0.6 is 17.0 Å². The molecule has 0 fully saturated rings. The Labute approximate surface area is 167 Å². The van der Waals surface area contributed by atoms with Gasteiger partial charge in [0.15, 0.2) is 0 Å². The second kappa shape index (κ2) is 18.4. The predicted octanol–water partition coefficient (Wildman–Crippen LogP) is 6.36. The number of hydrogen-bond acceptors (Lipinski definition) is 3. The Morgan fingerprint density at radius 3 is 1.92 bits per heavy atom. The molecule has 0 amide bonds. The number of rotatable bonds is 17. The summed E-state index contributed by atoms with van der Waals surface area (Å²) >= 11 is 0. The number of carbonyl (C=O) groups is 1. The van der Waals surface area contributed by atoms with Gasteiger partial charge in [-0.1, -0.05) is 84.1 Å².